The minimum absolute atomic E-state index is 0.685. The highest BCUT2D eigenvalue weighted by Gasteiger charge is 2.24. The second kappa shape index (κ2) is 8.16. The molecular weight excluding hydrogens is 220 g/mol. The Bertz CT molecular complexity index is 209. The number of nitrogens with zero attached hydrogens (tertiary/aromatic N) is 1. The predicted molar refractivity (Wildman–Crippen MR) is 81.0 cm³/mol. The molecule has 0 bridgehead atoms. The van der Waals surface area contributed by atoms with E-state index in [0.717, 1.165) is 11.8 Å². The summed E-state index contributed by atoms with van der Waals surface area (Å²) in [5, 5.41) is 3.57. The zero-order chi connectivity index (χ0) is 13.5. The first-order valence-corrected chi connectivity index (χ1v) is 7.92. The van der Waals surface area contributed by atoms with E-state index in [1.54, 1.807) is 0 Å². The van der Waals surface area contributed by atoms with Crippen LogP contribution in [0.1, 0.15) is 59.3 Å². The molecule has 1 aliphatic rings. The van der Waals surface area contributed by atoms with Crippen LogP contribution in [0.15, 0.2) is 0 Å². The van der Waals surface area contributed by atoms with Gasteiger partial charge in [-0.2, -0.15) is 0 Å². The third-order valence-corrected chi connectivity index (χ3v) is 4.64. The van der Waals surface area contributed by atoms with Crippen molar-refractivity contribution in [1.29, 1.82) is 0 Å². The minimum atomic E-state index is 0.685. The van der Waals surface area contributed by atoms with Crippen LogP contribution >= 0.6 is 0 Å². The molecule has 0 radical (unpaired) electrons. The number of likely N-dealkylation sites (N-methyl/N-ethyl adjacent to an activating group) is 2. The first-order chi connectivity index (χ1) is 8.54. The van der Waals surface area contributed by atoms with E-state index in [2.05, 4.69) is 45.1 Å². The van der Waals surface area contributed by atoms with Crippen LogP contribution in [0.25, 0.3) is 0 Å². The van der Waals surface area contributed by atoms with E-state index < -0.39 is 0 Å². The fourth-order valence-corrected chi connectivity index (χ4v) is 3.36. The van der Waals surface area contributed by atoms with Crippen molar-refractivity contribution in [1.82, 2.24) is 10.2 Å². The Hall–Kier alpha value is -0.0800. The normalized spacial score (nSPS) is 21.5. The second-order valence-electron chi connectivity index (χ2n) is 6.71. The van der Waals surface area contributed by atoms with Crippen LogP contribution in [-0.2, 0) is 0 Å². The summed E-state index contributed by atoms with van der Waals surface area (Å²) in [4.78, 5) is 2.55. The SMILES string of the molecule is CNC(CN(C)C(C)CC(C)C)C1CCCCC1. The van der Waals surface area contributed by atoms with E-state index in [4.69, 9.17) is 0 Å². The molecule has 2 atom stereocenters. The van der Waals surface area contributed by atoms with Gasteiger partial charge in [-0.1, -0.05) is 33.1 Å². The van der Waals surface area contributed by atoms with E-state index in [1.807, 2.05) is 0 Å². The Morgan fingerprint density at radius 1 is 1.11 bits per heavy atom. The molecule has 0 aromatic carbocycles. The zero-order valence-corrected chi connectivity index (χ0v) is 13.2. The molecule has 0 amide bonds. The molecule has 0 aliphatic heterocycles. The number of nitrogens with one attached hydrogen (secondary N) is 1. The van der Waals surface area contributed by atoms with Crippen molar-refractivity contribution in [3.05, 3.63) is 0 Å². The van der Waals surface area contributed by atoms with Crippen LogP contribution in [0.3, 0.4) is 0 Å². The third kappa shape index (κ3) is 5.27. The fourth-order valence-electron chi connectivity index (χ4n) is 3.36. The smallest absolute Gasteiger partial charge is 0.0220 e. The van der Waals surface area contributed by atoms with Crippen LogP contribution < -0.4 is 5.32 Å². The summed E-state index contributed by atoms with van der Waals surface area (Å²) in [6.45, 7) is 8.21. The standard InChI is InChI=1S/C16H34N2/c1-13(2)11-14(3)18(5)12-16(17-4)15-9-7-6-8-10-15/h13-17H,6-12H2,1-5H3. The lowest BCUT2D eigenvalue weighted by Crippen LogP contribution is -2.46. The van der Waals surface area contributed by atoms with Crippen LogP contribution in [0.4, 0.5) is 0 Å². The van der Waals surface area contributed by atoms with Gasteiger partial charge in [-0.3, -0.25) is 0 Å². The van der Waals surface area contributed by atoms with E-state index in [9.17, 15) is 0 Å². The van der Waals surface area contributed by atoms with Crippen molar-refractivity contribution in [2.45, 2.75) is 71.4 Å². The molecule has 0 aromatic heterocycles. The summed E-state index contributed by atoms with van der Waals surface area (Å²) in [5.41, 5.74) is 0. The number of rotatable bonds is 7. The lowest BCUT2D eigenvalue weighted by atomic mass is 9.83. The summed E-state index contributed by atoms with van der Waals surface area (Å²) in [6, 6.07) is 1.38. The molecule has 0 heterocycles. The molecular formula is C16H34N2. The first-order valence-electron chi connectivity index (χ1n) is 7.92. The summed E-state index contributed by atoms with van der Waals surface area (Å²) in [5.74, 6) is 1.70. The monoisotopic (exact) mass is 254 g/mol. The zero-order valence-electron chi connectivity index (χ0n) is 13.2. The largest absolute Gasteiger partial charge is 0.315 e. The Kier molecular flexibility index (Phi) is 7.25. The average Bonchev–Trinajstić information content (AvgIpc) is 2.35. The van der Waals surface area contributed by atoms with Gasteiger partial charge in [-0.05, 0) is 52.1 Å². The first kappa shape index (κ1) is 16.0. The average molecular weight is 254 g/mol. The Morgan fingerprint density at radius 3 is 2.22 bits per heavy atom. The van der Waals surface area contributed by atoms with Gasteiger partial charge in [-0.15, -0.1) is 0 Å². The molecule has 0 aromatic rings. The lowest BCUT2D eigenvalue weighted by molar-refractivity contribution is 0.168. The minimum Gasteiger partial charge on any atom is -0.315 e. The van der Waals surface area contributed by atoms with Crippen molar-refractivity contribution in [2.75, 3.05) is 20.6 Å². The van der Waals surface area contributed by atoms with Gasteiger partial charge in [0.05, 0.1) is 0 Å². The van der Waals surface area contributed by atoms with Gasteiger partial charge in [0.1, 0.15) is 0 Å². The van der Waals surface area contributed by atoms with Gasteiger partial charge in [0, 0.05) is 18.6 Å². The number of hydrogen-bond donors (Lipinski definition) is 1. The number of hydrogen-bond acceptors (Lipinski definition) is 2. The van der Waals surface area contributed by atoms with Crippen LogP contribution in [-0.4, -0.2) is 37.6 Å². The second-order valence-corrected chi connectivity index (χ2v) is 6.71. The molecule has 2 unspecified atom stereocenters. The highest BCUT2D eigenvalue weighted by molar-refractivity contribution is 4.82. The van der Waals surface area contributed by atoms with Crippen molar-refractivity contribution in [3.8, 4) is 0 Å². The molecule has 1 saturated carbocycles. The predicted octanol–water partition coefficient (Wildman–Crippen LogP) is 3.52. The maximum atomic E-state index is 3.57. The Labute approximate surface area is 115 Å². The summed E-state index contributed by atoms with van der Waals surface area (Å²) in [6.07, 6.45) is 8.49. The molecule has 1 rings (SSSR count). The van der Waals surface area contributed by atoms with Gasteiger partial charge >= 0.3 is 0 Å². The maximum absolute atomic E-state index is 3.57. The Balaban J connectivity index is 2.40. The van der Waals surface area contributed by atoms with Crippen LogP contribution in [0.5, 0.6) is 0 Å². The van der Waals surface area contributed by atoms with E-state index >= 15 is 0 Å². The molecule has 1 aliphatic carbocycles. The van der Waals surface area contributed by atoms with Crippen LogP contribution in [0, 0.1) is 11.8 Å². The van der Waals surface area contributed by atoms with Gasteiger partial charge in [0.2, 0.25) is 0 Å². The molecule has 2 nitrogen and oxygen atoms in total. The van der Waals surface area contributed by atoms with Gasteiger partial charge in [0.25, 0.3) is 0 Å². The molecule has 0 spiro atoms. The van der Waals surface area contributed by atoms with E-state index in [-0.39, 0.29) is 0 Å². The molecule has 108 valence electrons. The quantitative estimate of drug-likeness (QED) is 0.748. The van der Waals surface area contributed by atoms with Crippen molar-refractivity contribution < 1.29 is 0 Å². The van der Waals surface area contributed by atoms with Crippen molar-refractivity contribution in [2.24, 2.45) is 11.8 Å². The molecule has 1 fully saturated rings. The van der Waals surface area contributed by atoms with Crippen molar-refractivity contribution >= 4 is 0 Å². The summed E-state index contributed by atoms with van der Waals surface area (Å²) in [7, 11) is 4.43. The van der Waals surface area contributed by atoms with Crippen molar-refractivity contribution in [3.63, 3.8) is 0 Å². The maximum Gasteiger partial charge on any atom is 0.0220 e. The summed E-state index contributed by atoms with van der Waals surface area (Å²) >= 11 is 0. The van der Waals surface area contributed by atoms with E-state index in [1.165, 1.54) is 45.1 Å². The highest BCUT2D eigenvalue weighted by atomic mass is 15.1. The molecule has 2 heteroatoms. The molecule has 0 saturated heterocycles. The van der Waals surface area contributed by atoms with Crippen LogP contribution in [0.2, 0.25) is 0 Å². The Morgan fingerprint density at radius 2 is 1.72 bits per heavy atom. The summed E-state index contributed by atoms with van der Waals surface area (Å²) < 4.78 is 0. The van der Waals surface area contributed by atoms with Gasteiger partial charge < -0.3 is 10.2 Å². The molecule has 1 N–H and O–H groups in total. The fraction of sp³-hybridized carbons (Fsp3) is 1.00. The molecule has 18 heavy (non-hydrogen) atoms. The lowest BCUT2D eigenvalue weighted by Gasteiger charge is -2.35. The van der Waals surface area contributed by atoms with Gasteiger partial charge in [-0.25, -0.2) is 0 Å². The van der Waals surface area contributed by atoms with Gasteiger partial charge in [0.15, 0.2) is 0 Å². The highest BCUT2D eigenvalue weighted by Crippen LogP contribution is 2.27. The third-order valence-electron chi connectivity index (χ3n) is 4.64. The topological polar surface area (TPSA) is 15.3 Å². The van der Waals surface area contributed by atoms with E-state index in [0.29, 0.717) is 12.1 Å².